The Bertz CT molecular complexity index is 1040. The SMILES string of the molecule is CCCS(=O)(=O)Nc1cccc(NC(=O)C=Cc2cccc(OC3CCCC3)c2)c1C. The third kappa shape index (κ3) is 6.85. The van der Waals surface area contributed by atoms with E-state index in [0.717, 1.165) is 24.2 Å². The van der Waals surface area contributed by atoms with E-state index in [4.69, 9.17) is 4.74 Å². The number of amides is 1. The summed E-state index contributed by atoms with van der Waals surface area (Å²) < 4.78 is 32.7. The van der Waals surface area contributed by atoms with Crippen LogP contribution in [0.3, 0.4) is 0 Å². The summed E-state index contributed by atoms with van der Waals surface area (Å²) >= 11 is 0. The van der Waals surface area contributed by atoms with Crippen LogP contribution in [0.4, 0.5) is 11.4 Å². The standard InChI is InChI=1S/C24H30N2O4S/c1-3-16-31(28,29)26-23-13-7-12-22(18(23)2)25-24(27)15-14-19-8-6-11-21(17-19)30-20-9-4-5-10-20/h6-8,11-15,17,20,26H,3-5,9-10,16H2,1-2H3,(H,25,27). The highest BCUT2D eigenvalue weighted by Crippen LogP contribution is 2.26. The molecule has 1 aliphatic carbocycles. The Morgan fingerprint density at radius 2 is 1.84 bits per heavy atom. The van der Waals surface area contributed by atoms with Crippen molar-refractivity contribution < 1.29 is 17.9 Å². The van der Waals surface area contributed by atoms with Crippen LogP contribution in [0.25, 0.3) is 6.08 Å². The van der Waals surface area contributed by atoms with Crippen molar-refractivity contribution in [2.75, 3.05) is 15.8 Å². The van der Waals surface area contributed by atoms with Gasteiger partial charge in [-0.15, -0.1) is 0 Å². The lowest BCUT2D eigenvalue weighted by Crippen LogP contribution is -2.17. The summed E-state index contributed by atoms with van der Waals surface area (Å²) in [5.41, 5.74) is 2.57. The lowest BCUT2D eigenvalue weighted by atomic mass is 10.1. The van der Waals surface area contributed by atoms with E-state index in [9.17, 15) is 13.2 Å². The Morgan fingerprint density at radius 1 is 1.13 bits per heavy atom. The molecule has 31 heavy (non-hydrogen) atoms. The minimum atomic E-state index is -3.40. The Kier molecular flexibility index (Phi) is 7.74. The van der Waals surface area contributed by atoms with Crippen LogP contribution in [0.2, 0.25) is 0 Å². The Hall–Kier alpha value is -2.80. The normalized spacial score (nSPS) is 14.6. The maximum absolute atomic E-state index is 12.4. The maximum atomic E-state index is 12.4. The highest BCUT2D eigenvalue weighted by atomic mass is 32.2. The van der Waals surface area contributed by atoms with Gasteiger partial charge in [-0.1, -0.05) is 25.1 Å². The van der Waals surface area contributed by atoms with E-state index in [1.807, 2.05) is 31.2 Å². The number of carbonyl (C=O) groups excluding carboxylic acids is 1. The van der Waals surface area contributed by atoms with Crippen molar-refractivity contribution in [3.05, 3.63) is 59.7 Å². The van der Waals surface area contributed by atoms with Crippen LogP contribution in [0.5, 0.6) is 5.75 Å². The van der Waals surface area contributed by atoms with E-state index in [-0.39, 0.29) is 17.8 Å². The van der Waals surface area contributed by atoms with Crippen LogP contribution in [-0.2, 0) is 14.8 Å². The Balaban J connectivity index is 1.64. The fourth-order valence-electron chi connectivity index (χ4n) is 3.61. The molecule has 0 radical (unpaired) electrons. The minimum absolute atomic E-state index is 0.0509. The monoisotopic (exact) mass is 442 g/mol. The van der Waals surface area contributed by atoms with Crippen LogP contribution in [0.15, 0.2) is 48.5 Å². The first-order chi connectivity index (χ1) is 14.9. The molecular weight excluding hydrogens is 412 g/mol. The Morgan fingerprint density at radius 3 is 2.58 bits per heavy atom. The van der Waals surface area contributed by atoms with Crippen molar-refractivity contribution in [2.45, 2.75) is 52.1 Å². The van der Waals surface area contributed by atoms with Gasteiger partial charge in [-0.25, -0.2) is 8.42 Å². The molecule has 0 aliphatic heterocycles. The van der Waals surface area contributed by atoms with Gasteiger partial charge in [0.05, 0.1) is 17.5 Å². The second-order valence-electron chi connectivity index (χ2n) is 7.82. The van der Waals surface area contributed by atoms with E-state index in [1.165, 1.54) is 18.9 Å². The molecule has 0 heterocycles. The number of hydrogen-bond acceptors (Lipinski definition) is 4. The topological polar surface area (TPSA) is 84.5 Å². The summed E-state index contributed by atoms with van der Waals surface area (Å²) in [7, 11) is -3.40. The van der Waals surface area contributed by atoms with Crippen LogP contribution in [-0.4, -0.2) is 26.2 Å². The van der Waals surface area contributed by atoms with Gasteiger partial charge in [0.2, 0.25) is 15.9 Å². The Labute approximate surface area is 184 Å². The molecule has 6 nitrogen and oxygen atoms in total. The summed E-state index contributed by atoms with van der Waals surface area (Å²) in [6.07, 6.45) is 8.62. The van der Waals surface area contributed by atoms with Crippen LogP contribution < -0.4 is 14.8 Å². The molecule has 3 rings (SSSR count). The summed E-state index contributed by atoms with van der Waals surface area (Å²) in [4.78, 5) is 12.4. The zero-order chi connectivity index (χ0) is 22.3. The van der Waals surface area contributed by atoms with Crippen molar-refractivity contribution in [3.8, 4) is 5.75 Å². The van der Waals surface area contributed by atoms with E-state index in [2.05, 4.69) is 10.0 Å². The highest BCUT2D eigenvalue weighted by molar-refractivity contribution is 7.92. The molecule has 1 saturated carbocycles. The molecule has 1 amide bonds. The first kappa shape index (κ1) is 22.9. The van der Waals surface area contributed by atoms with Crippen molar-refractivity contribution >= 4 is 33.4 Å². The molecule has 1 fully saturated rings. The molecule has 2 N–H and O–H groups in total. The van der Waals surface area contributed by atoms with E-state index in [0.29, 0.717) is 23.4 Å². The maximum Gasteiger partial charge on any atom is 0.248 e. The average molecular weight is 443 g/mol. The van der Waals surface area contributed by atoms with E-state index >= 15 is 0 Å². The van der Waals surface area contributed by atoms with Crippen LogP contribution in [0.1, 0.15) is 50.2 Å². The van der Waals surface area contributed by atoms with Crippen LogP contribution in [0, 0.1) is 6.92 Å². The summed E-state index contributed by atoms with van der Waals surface area (Å²) in [5.74, 6) is 0.575. The minimum Gasteiger partial charge on any atom is -0.490 e. The zero-order valence-corrected chi connectivity index (χ0v) is 18.9. The van der Waals surface area contributed by atoms with Crippen molar-refractivity contribution in [1.82, 2.24) is 0 Å². The van der Waals surface area contributed by atoms with Gasteiger partial charge in [-0.2, -0.15) is 0 Å². The van der Waals surface area contributed by atoms with Gasteiger partial charge >= 0.3 is 0 Å². The van der Waals surface area contributed by atoms with E-state index < -0.39 is 10.0 Å². The predicted molar refractivity (Wildman–Crippen MR) is 126 cm³/mol. The second kappa shape index (κ2) is 10.5. The quantitative estimate of drug-likeness (QED) is 0.528. The molecule has 0 unspecified atom stereocenters. The number of benzene rings is 2. The predicted octanol–water partition coefficient (Wildman–Crippen LogP) is 5.12. The number of rotatable bonds is 9. The smallest absolute Gasteiger partial charge is 0.248 e. The van der Waals surface area contributed by atoms with Gasteiger partial charge in [-0.05, 0) is 80.5 Å². The number of ether oxygens (including phenoxy) is 1. The molecule has 0 atom stereocenters. The third-order valence-corrected chi connectivity index (χ3v) is 6.70. The summed E-state index contributed by atoms with van der Waals surface area (Å²) in [6.45, 7) is 3.58. The number of anilines is 2. The summed E-state index contributed by atoms with van der Waals surface area (Å²) in [6, 6.07) is 12.8. The fourth-order valence-corrected chi connectivity index (χ4v) is 4.80. The third-order valence-electron chi connectivity index (χ3n) is 5.22. The molecule has 1 aliphatic rings. The molecule has 0 aromatic heterocycles. The van der Waals surface area contributed by atoms with Gasteiger partial charge < -0.3 is 10.1 Å². The second-order valence-corrected chi connectivity index (χ2v) is 9.66. The van der Waals surface area contributed by atoms with Gasteiger partial charge in [0.25, 0.3) is 0 Å². The molecule has 166 valence electrons. The largest absolute Gasteiger partial charge is 0.490 e. The van der Waals surface area contributed by atoms with Crippen LogP contribution >= 0.6 is 0 Å². The molecular formula is C24H30N2O4S. The van der Waals surface area contributed by atoms with Crippen molar-refractivity contribution in [2.24, 2.45) is 0 Å². The molecule has 2 aromatic rings. The first-order valence-corrected chi connectivity index (χ1v) is 12.4. The highest BCUT2D eigenvalue weighted by Gasteiger charge is 2.16. The molecule has 7 heteroatoms. The van der Waals surface area contributed by atoms with Gasteiger partial charge in [-0.3, -0.25) is 9.52 Å². The molecule has 0 saturated heterocycles. The molecule has 0 spiro atoms. The first-order valence-electron chi connectivity index (χ1n) is 10.7. The summed E-state index contributed by atoms with van der Waals surface area (Å²) in [5, 5.41) is 2.82. The lowest BCUT2D eigenvalue weighted by molar-refractivity contribution is -0.111. The van der Waals surface area contributed by atoms with Crippen molar-refractivity contribution in [3.63, 3.8) is 0 Å². The van der Waals surface area contributed by atoms with Crippen molar-refractivity contribution in [1.29, 1.82) is 0 Å². The lowest BCUT2D eigenvalue weighted by Gasteiger charge is -2.14. The van der Waals surface area contributed by atoms with E-state index in [1.54, 1.807) is 31.2 Å². The zero-order valence-electron chi connectivity index (χ0n) is 18.1. The number of hydrogen-bond donors (Lipinski definition) is 2. The van der Waals surface area contributed by atoms with Gasteiger partial charge in [0.15, 0.2) is 0 Å². The molecule has 0 bridgehead atoms. The number of sulfonamides is 1. The van der Waals surface area contributed by atoms with Gasteiger partial charge in [0.1, 0.15) is 5.75 Å². The molecule has 2 aromatic carbocycles. The number of nitrogens with one attached hydrogen (secondary N) is 2. The van der Waals surface area contributed by atoms with Gasteiger partial charge in [0, 0.05) is 11.8 Å². The number of carbonyl (C=O) groups is 1. The fraction of sp³-hybridized carbons (Fsp3) is 0.375. The average Bonchev–Trinajstić information content (AvgIpc) is 3.22.